The first-order valence-corrected chi connectivity index (χ1v) is 4.63. The first-order chi connectivity index (χ1) is 6.15. The number of hydrogen-bond donors (Lipinski definition) is 2. The predicted octanol–water partition coefficient (Wildman–Crippen LogP) is -0.186. The highest BCUT2D eigenvalue weighted by molar-refractivity contribution is 7.80. The lowest BCUT2D eigenvalue weighted by Crippen LogP contribution is -2.46. The van der Waals surface area contributed by atoms with Gasteiger partial charge in [-0.25, -0.2) is 0 Å². The summed E-state index contributed by atoms with van der Waals surface area (Å²) in [5.41, 5.74) is 5.50. The maximum atomic E-state index is 11.1. The third-order valence-electron chi connectivity index (χ3n) is 1.99. The van der Waals surface area contributed by atoms with Crippen LogP contribution in [0.5, 0.6) is 0 Å². The van der Waals surface area contributed by atoms with Crippen molar-refractivity contribution in [1.29, 1.82) is 0 Å². The second-order valence-corrected chi connectivity index (χ2v) is 3.69. The molecule has 74 valence electrons. The van der Waals surface area contributed by atoms with Gasteiger partial charge >= 0.3 is 0 Å². The zero-order valence-corrected chi connectivity index (χ0v) is 8.39. The molecule has 0 aromatic carbocycles. The predicted molar refractivity (Wildman–Crippen MR) is 53.3 cm³/mol. The maximum absolute atomic E-state index is 11.1. The Morgan fingerprint density at radius 2 is 2.38 bits per heavy atom. The number of carbonyl (C=O) groups excluding carboxylic acids is 1. The molecule has 0 aromatic heterocycles. The van der Waals surface area contributed by atoms with Crippen LogP contribution in [0.2, 0.25) is 0 Å². The lowest BCUT2D eigenvalue weighted by Gasteiger charge is -2.16. The van der Waals surface area contributed by atoms with E-state index in [-0.39, 0.29) is 18.6 Å². The highest BCUT2D eigenvalue weighted by Gasteiger charge is 2.33. The number of hydrogen-bond acceptors (Lipinski definition) is 3. The van der Waals surface area contributed by atoms with E-state index in [2.05, 4.69) is 10.1 Å². The molecule has 0 aliphatic heterocycles. The zero-order chi connectivity index (χ0) is 9.84. The van der Waals surface area contributed by atoms with Gasteiger partial charge in [0.1, 0.15) is 6.61 Å². The van der Waals surface area contributed by atoms with Crippen LogP contribution < -0.4 is 11.1 Å². The van der Waals surface area contributed by atoms with Crippen LogP contribution in [0.3, 0.4) is 0 Å². The lowest BCUT2D eigenvalue weighted by atomic mass is 10.2. The number of nitrogens with one attached hydrogen (secondary N) is 1. The minimum Gasteiger partial charge on any atom is -0.392 e. The third-order valence-corrected chi connectivity index (χ3v) is 2.25. The number of ether oxygens (including phenoxy) is 1. The van der Waals surface area contributed by atoms with E-state index < -0.39 is 0 Å². The van der Waals surface area contributed by atoms with Crippen LogP contribution >= 0.6 is 12.2 Å². The Kier molecular flexibility index (Phi) is 3.62. The Labute approximate surface area is 82.8 Å². The van der Waals surface area contributed by atoms with Crippen LogP contribution in [-0.4, -0.2) is 30.7 Å². The molecule has 1 saturated carbocycles. The Balaban J connectivity index is 2.37. The van der Waals surface area contributed by atoms with E-state index in [0.717, 1.165) is 12.8 Å². The average Bonchev–Trinajstić information content (AvgIpc) is 2.82. The summed E-state index contributed by atoms with van der Waals surface area (Å²) in [5.74, 6) is 0.283. The average molecular weight is 202 g/mol. The topological polar surface area (TPSA) is 64.3 Å². The quantitative estimate of drug-likeness (QED) is 0.607. The van der Waals surface area contributed by atoms with Gasteiger partial charge in [-0.05, 0) is 18.8 Å². The van der Waals surface area contributed by atoms with Gasteiger partial charge in [0.15, 0.2) is 0 Å². The molecule has 0 aromatic rings. The Morgan fingerprint density at radius 3 is 2.77 bits per heavy atom. The standard InChI is InChI=1S/C8H14N2O2S/c1-12-4-6(11)10-7(8(9)13)5-2-3-5/h5,7H,2-4H2,1H3,(H2,9,13)(H,10,11). The molecule has 1 rings (SSSR count). The van der Waals surface area contributed by atoms with Gasteiger partial charge in [-0.1, -0.05) is 12.2 Å². The highest BCUT2D eigenvalue weighted by atomic mass is 32.1. The summed E-state index contributed by atoms with van der Waals surface area (Å²) in [4.78, 5) is 11.5. The molecule has 0 heterocycles. The summed E-state index contributed by atoms with van der Waals surface area (Å²) in [6.07, 6.45) is 2.19. The van der Waals surface area contributed by atoms with Gasteiger partial charge < -0.3 is 15.8 Å². The molecule has 0 spiro atoms. The number of rotatable bonds is 5. The zero-order valence-electron chi connectivity index (χ0n) is 7.58. The molecule has 1 atom stereocenters. The molecule has 3 N–H and O–H groups in total. The van der Waals surface area contributed by atoms with Gasteiger partial charge in [-0.3, -0.25) is 4.79 Å². The van der Waals surface area contributed by atoms with Gasteiger partial charge in [0.2, 0.25) is 5.91 Å². The smallest absolute Gasteiger partial charge is 0.246 e. The second-order valence-electron chi connectivity index (χ2n) is 3.22. The van der Waals surface area contributed by atoms with Crippen LogP contribution in [0.4, 0.5) is 0 Å². The van der Waals surface area contributed by atoms with Gasteiger partial charge in [0.05, 0.1) is 11.0 Å². The van der Waals surface area contributed by atoms with Crippen molar-refractivity contribution in [2.24, 2.45) is 11.7 Å². The first-order valence-electron chi connectivity index (χ1n) is 4.22. The monoisotopic (exact) mass is 202 g/mol. The second kappa shape index (κ2) is 4.53. The molecule has 1 aliphatic rings. The molecule has 13 heavy (non-hydrogen) atoms. The van der Waals surface area contributed by atoms with Crippen molar-refractivity contribution < 1.29 is 9.53 Å². The fourth-order valence-corrected chi connectivity index (χ4v) is 1.45. The van der Waals surface area contributed by atoms with E-state index in [4.69, 9.17) is 18.0 Å². The van der Waals surface area contributed by atoms with Crippen molar-refractivity contribution in [2.45, 2.75) is 18.9 Å². The van der Waals surface area contributed by atoms with E-state index >= 15 is 0 Å². The number of thiocarbonyl (C=S) groups is 1. The summed E-state index contributed by atoms with van der Waals surface area (Å²) >= 11 is 4.86. The van der Waals surface area contributed by atoms with E-state index in [0.29, 0.717) is 10.9 Å². The van der Waals surface area contributed by atoms with Crippen molar-refractivity contribution in [2.75, 3.05) is 13.7 Å². The first kappa shape index (κ1) is 10.4. The molecule has 0 saturated heterocycles. The molecule has 1 aliphatic carbocycles. The summed E-state index contributed by atoms with van der Waals surface area (Å²) in [5, 5.41) is 2.75. The van der Waals surface area contributed by atoms with Gasteiger partial charge in [-0.15, -0.1) is 0 Å². The minimum absolute atomic E-state index is 0.0613. The number of amides is 1. The van der Waals surface area contributed by atoms with Crippen LogP contribution in [0.25, 0.3) is 0 Å². The summed E-state index contributed by atoms with van der Waals surface area (Å²) < 4.78 is 4.69. The summed E-state index contributed by atoms with van der Waals surface area (Å²) in [7, 11) is 1.48. The van der Waals surface area contributed by atoms with Crippen molar-refractivity contribution in [3.05, 3.63) is 0 Å². The molecule has 4 nitrogen and oxygen atoms in total. The minimum atomic E-state index is -0.160. The molecule has 1 fully saturated rings. The van der Waals surface area contributed by atoms with Crippen molar-refractivity contribution in [3.63, 3.8) is 0 Å². The molecule has 1 unspecified atom stereocenters. The molecular weight excluding hydrogens is 188 g/mol. The Hall–Kier alpha value is -0.680. The van der Waals surface area contributed by atoms with Crippen molar-refractivity contribution >= 4 is 23.1 Å². The molecule has 0 bridgehead atoms. The van der Waals surface area contributed by atoms with E-state index in [9.17, 15) is 4.79 Å². The Morgan fingerprint density at radius 1 is 1.77 bits per heavy atom. The highest BCUT2D eigenvalue weighted by Crippen LogP contribution is 2.32. The van der Waals surface area contributed by atoms with Gasteiger partial charge in [-0.2, -0.15) is 0 Å². The number of methoxy groups -OCH3 is 1. The van der Waals surface area contributed by atoms with Crippen LogP contribution in [0.15, 0.2) is 0 Å². The largest absolute Gasteiger partial charge is 0.392 e. The molecule has 5 heteroatoms. The lowest BCUT2D eigenvalue weighted by molar-refractivity contribution is -0.125. The molecule has 0 radical (unpaired) electrons. The molecular formula is C8H14N2O2S. The summed E-state index contributed by atoms with van der Waals surface area (Å²) in [6.45, 7) is 0.0613. The van der Waals surface area contributed by atoms with E-state index in [1.165, 1.54) is 7.11 Å². The number of nitrogens with two attached hydrogens (primary N) is 1. The van der Waals surface area contributed by atoms with Crippen molar-refractivity contribution in [1.82, 2.24) is 5.32 Å². The fourth-order valence-electron chi connectivity index (χ4n) is 1.20. The van der Waals surface area contributed by atoms with Gasteiger partial charge in [0, 0.05) is 7.11 Å². The third kappa shape index (κ3) is 3.28. The van der Waals surface area contributed by atoms with Gasteiger partial charge in [0.25, 0.3) is 0 Å². The van der Waals surface area contributed by atoms with E-state index in [1.807, 2.05) is 0 Å². The van der Waals surface area contributed by atoms with Crippen LogP contribution in [-0.2, 0) is 9.53 Å². The molecule has 1 amide bonds. The van der Waals surface area contributed by atoms with Crippen LogP contribution in [0.1, 0.15) is 12.8 Å². The van der Waals surface area contributed by atoms with E-state index in [1.54, 1.807) is 0 Å². The van der Waals surface area contributed by atoms with Crippen molar-refractivity contribution in [3.8, 4) is 0 Å². The van der Waals surface area contributed by atoms with Crippen LogP contribution in [0, 0.1) is 5.92 Å². The Bertz CT molecular complexity index is 216. The summed E-state index contributed by atoms with van der Waals surface area (Å²) in [6, 6.07) is -0.141. The fraction of sp³-hybridized carbons (Fsp3) is 0.750. The maximum Gasteiger partial charge on any atom is 0.246 e. The number of carbonyl (C=O) groups is 1. The SMILES string of the molecule is COCC(=O)NC(C(N)=S)C1CC1. The normalized spacial score (nSPS) is 17.9.